The van der Waals surface area contributed by atoms with Gasteiger partial charge < -0.3 is 10.0 Å². The molecule has 0 unspecified atom stereocenters. The second-order valence-electron chi connectivity index (χ2n) is 6.44. The van der Waals surface area contributed by atoms with Crippen LogP contribution in [0.1, 0.15) is 53.2 Å². The van der Waals surface area contributed by atoms with E-state index in [-0.39, 0.29) is 29.8 Å². The van der Waals surface area contributed by atoms with Crippen LogP contribution in [0.15, 0.2) is 30.3 Å². The van der Waals surface area contributed by atoms with Crippen molar-refractivity contribution in [2.24, 2.45) is 11.8 Å². The van der Waals surface area contributed by atoms with Gasteiger partial charge in [-0.25, -0.2) is 0 Å². The van der Waals surface area contributed by atoms with Gasteiger partial charge in [0.05, 0.1) is 6.10 Å². The Morgan fingerprint density at radius 2 is 1.43 bits per heavy atom. The fraction of sp³-hybridized carbons (Fsp3) is 0.611. The quantitative estimate of drug-likeness (QED) is 0.869. The van der Waals surface area contributed by atoms with Crippen LogP contribution >= 0.6 is 0 Å². The number of amides is 1. The third-order valence-corrected chi connectivity index (χ3v) is 4.18. The van der Waals surface area contributed by atoms with Crippen molar-refractivity contribution in [2.75, 3.05) is 0 Å². The topological polar surface area (TPSA) is 40.5 Å². The van der Waals surface area contributed by atoms with Gasteiger partial charge in [-0.05, 0) is 39.2 Å². The largest absolute Gasteiger partial charge is 0.388 e. The van der Waals surface area contributed by atoms with Gasteiger partial charge in [0.15, 0.2) is 0 Å². The predicted octanol–water partition coefficient (Wildman–Crippen LogP) is 3.64. The van der Waals surface area contributed by atoms with Gasteiger partial charge in [0.2, 0.25) is 5.91 Å². The molecule has 3 heteroatoms. The van der Waals surface area contributed by atoms with Gasteiger partial charge in [-0.3, -0.25) is 4.79 Å². The average molecular weight is 291 g/mol. The van der Waals surface area contributed by atoms with Crippen molar-refractivity contribution in [2.45, 2.75) is 59.7 Å². The zero-order valence-electron chi connectivity index (χ0n) is 14.1. The summed E-state index contributed by atoms with van der Waals surface area (Å²) in [4.78, 5) is 14.6. The molecule has 21 heavy (non-hydrogen) atoms. The minimum absolute atomic E-state index is 0.113. The first-order valence-electron chi connectivity index (χ1n) is 7.82. The van der Waals surface area contributed by atoms with E-state index in [1.807, 2.05) is 76.8 Å². The highest BCUT2D eigenvalue weighted by atomic mass is 16.3. The van der Waals surface area contributed by atoms with E-state index in [1.165, 1.54) is 0 Å². The van der Waals surface area contributed by atoms with Crippen molar-refractivity contribution in [3.05, 3.63) is 35.9 Å². The van der Waals surface area contributed by atoms with Gasteiger partial charge in [0.25, 0.3) is 0 Å². The Bertz CT molecular complexity index is 434. The molecule has 3 atom stereocenters. The van der Waals surface area contributed by atoms with Gasteiger partial charge in [0, 0.05) is 18.0 Å². The molecule has 1 aromatic carbocycles. The van der Waals surface area contributed by atoms with E-state index in [0.29, 0.717) is 0 Å². The Kier molecular flexibility index (Phi) is 6.41. The van der Waals surface area contributed by atoms with E-state index in [0.717, 1.165) is 5.56 Å². The summed E-state index contributed by atoms with van der Waals surface area (Å²) in [6.45, 7) is 12.0. The molecule has 1 amide bonds. The standard InChI is InChI=1S/C18H29NO2/c1-12(2)19(13(3)4)18(21)15(6)14(5)17(20)16-10-8-7-9-11-16/h7-15,17,20H,1-6H3/t14-,15+,17-/m0/s1. The molecule has 0 spiro atoms. The highest BCUT2D eigenvalue weighted by molar-refractivity contribution is 5.79. The lowest BCUT2D eigenvalue weighted by molar-refractivity contribution is -0.141. The molecule has 0 saturated carbocycles. The summed E-state index contributed by atoms with van der Waals surface area (Å²) < 4.78 is 0. The minimum atomic E-state index is -0.619. The van der Waals surface area contributed by atoms with Crippen LogP contribution in [0, 0.1) is 11.8 Å². The molecule has 0 aromatic heterocycles. The normalized spacial score (nSPS) is 15.9. The van der Waals surface area contributed by atoms with Gasteiger partial charge in [-0.2, -0.15) is 0 Å². The van der Waals surface area contributed by atoms with Crippen LogP contribution in [0.3, 0.4) is 0 Å². The van der Waals surface area contributed by atoms with Crippen molar-refractivity contribution >= 4 is 5.91 Å². The number of aliphatic hydroxyl groups excluding tert-OH is 1. The Morgan fingerprint density at radius 1 is 0.952 bits per heavy atom. The maximum Gasteiger partial charge on any atom is 0.226 e. The molecule has 0 aliphatic heterocycles. The monoisotopic (exact) mass is 291 g/mol. The number of rotatable bonds is 6. The van der Waals surface area contributed by atoms with Gasteiger partial charge in [-0.1, -0.05) is 44.2 Å². The third kappa shape index (κ3) is 4.31. The van der Waals surface area contributed by atoms with Crippen LogP contribution in [0.4, 0.5) is 0 Å². The molecular formula is C18H29NO2. The SMILES string of the molecule is CC(C)N(C(=O)[C@H](C)[C@H](C)[C@H](O)c1ccccc1)C(C)C. The minimum Gasteiger partial charge on any atom is -0.388 e. The Labute approximate surface area is 129 Å². The second kappa shape index (κ2) is 7.60. The lowest BCUT2D eigenvalue weighted by Gasteiger charge is -2.35. The van der Waals surface area contributed by atoms with Crippen LogP contribution < -0.4 is 0 Å². The smallest absolute Gasteiger partial charge is 0.226 e. The number of nitrogens with zero attached hydrogens (tertiary/aromatic N) is 1. The molecular weight excluding hydrogens is 262 g/mol. The fourth-order valence-electron chi connectivity index (χ4n) is 2.79. The van der Waals surface area contributed by atoms with E-state index >= 15 is 0 Å². The fourth-order valence-corrected chi connectivity index (χ4v) is 2.79. The van der Waals surface area contributed by atoms with E-state index in [9.17, 15) is 9.90 Å². The molecule has 1 rings (SSSR count). The van der Waals surface area contributed by atoms with Gasteiger partial charge >= 0.3 is 0 Å². The molecule has 0 fully saturated rings. The number of hydrogen-bond acceptors (Lipinski definition) is 2. The van der Waals surface area contributed by atoms with E-state index in [2.05, 4.69) is 0 Å². The number of benzene rings is 1. The number of hydrogen-bond donors (Lipinski definition) is 1. The van der Waals surface area contributed by atoms with Crippen LogP contribution in [0.5, 0.6) is 0 Å². The maximum absolute atomic E-state index is 12.7. The summed E-state index contributed by atoms with van der Waals surface area (Å²) in [5, 5.41) is 10.5. The summed E-state index contributed by atoms with van der Waals surface area (Å²) in [6.07, 6.45) is -0.619. The van der Waals surface area contributed by atoms with E-state index in [1.54, 1.807) is 0 Å². The summed E-state index contributed by atoms with van der Waals surface area (Å²) >= 11 is 0. The first kappa shape index (κ1) is 17.7. The average Bonchev–Trinajstić information content (AvgIpc) is 2.45. The van der Waals surface area contributed by atoms with Crippen LogP contribution in [-0.2, 0) is 4.79 Å². The van der Waals surface area contributed by atoms with Crippen LogP contribution in [0.2, 0.25) is 0 Å². The molecule has 3 nitrogen and oxygen atoms in total. The summed E-state index contributed by atoms with van der Waals surface area (Å²) in [5.41, 5.74) is 0.866. The highest BCUT2D eigenvalue weighted by Gasteiger charge is 2.32. The summed E-state index contributed by atoms with van der Waals surface area (Å²) in [5.74, 6) is -0.229. The lowest BCUT2D eigenvalue weighted by Crippen LogP contribution is -2.46. The highest BCUT2D eigenvalue weighted by Crippen LogP contribution is 2.29. The van der Waals surface area contributed by atoms with Crippen molar-refractivity contribution < 1.29 is 9.90 Å². The molecule has 1 aromatic rings. The molecule has 0 radical (unpaired) electrons. The Balaban J connectivity index is 2.86. The Hall–Kier alpha value is -1.35. The van der Waals surface area contributed by atoms with Crippen molar-refractivity contribution in [1.82, 2.24) is 4.90 Å². The Morgan fingerprint density at radius 3 is 1.86 bits per heavy atom. The molecule has 0 aliphatic carbocycles. The van der Waals surface area contributed by atoms with E-state index < -0.39 is 6.10 Å². The number of carbonyl (C=O) groups is 1. The number of aliphatic hydroxyl groups is 1. The molecule has 1 N–H and O–H groups in total. The summed E-state index contributed by atoms with van der Waals surface area (Å²) in [7, 11) is 0. The zero-order chi connectivity index (χ0) is 16.2. The molecule has 0 saturated heterocycles. The third-order valence-electron chi connectivity index (χ3n) is 4.18. The first-order valence-corrected chi connectivity index (χ1v) is 7.82. The molecule has 0 heterocycles. The van der Waals surface area contributed by atoms with Crippen LogP contribution in [0.25, 0.3) is 0 Å². The predicted molar refractivity (Wildman–Crippen MR) is 86.8 cm³/mol. The lowest BCUT2D eigenvalue weighted by atomic mass is 9.85. The van der Waals surface area contributed by atoms with E-state index in [4.69, 9.17) is 0 Å². The molecule has 0 bridgehead atoms. The second-order valence-corrected chi connectivity index (χ2v) is 6.44. The maximum atomic E-state index is 12.7. The molecule has 0 aliphatic rings. The van der Waals surface area contributed by atoms with Crippen molar-refractivity contribution in [3.8, 4) is 0 Å². The van der Waals surface area contributed by atoms with Gasteiger partial charge in [0.1, 0.15) is 0 Å². The van der Waals surface area contributed by atoms with Crippen LogP contribution in [-0.4, -0.2) is 28.0 Å². The first-order chi connectivity index (χ1) is 9.77. The number of carbonyl (C=O) groups excluding carboxylic acids is 1. The van der Waals surface area contributed by atoms with Gasteiger partial charge in [-0.15, -0.1) is 0 Å². The van der Waals surface area contributed by atoms with Crippen molar-refractivity contribution in [3.63, 3.8) is 0 Å². The van der Waals surface area contributed by atoms with Crippen molar-refractivity contribution in [1.29, 1.82) is 0 Å². The summed E-state index contributed by atoms with van der Waals surface area (Å²) in [6, 6.07) is 9.89. The molecule has 118 valence electrons. The zero-order valence-corrected chi connectivity index (χ0v) is 14.1.